The smallest absolute Gasteiger partial charge is 0.339 e. The molecule has 0 aliphatic rings. The third-order valence-electron chi connectivity index (χ3n) is 5.95. The largest absolute Gasteiger partial charge is 0.463 e. The van der Waals surface area contributed by atoms with Crippen LogP contribution in [0.25, 0.3) is 0 Å². The van der Waals surface area contributed by atoms with Crippen LogP contribution < -0.4 is 0 Å². The molecule has 3 heteroatoms. The molecule has 172 valence electrons. The van der Waals surface area contributed by atoms with Crippen molar-refractivity contribution in [2.75, 3.05) is 13.7 Å². The first-order chi connectivity index (χ1) is 14.7. The SMILES string of the molecule is CCCCCCCCCC(CCCCCCC)COC(=O)C(OC)c1ccccc1. The van der Waals surface area contributed by atoms with Crippen molar-refractivity contribution in [3.8, 4) is 0 Å². The summed E-state index contributed by atoms with van der Waals surface area (Å²) in [5, 5.41) is 0. The number of hydrogen-bond acceptors (Lipinski definition) is 3. The summed E-state index contributed by atoms with van der Waals surface area (Å²) >= 11 is 0. The number of hydrogen-bond donors (Lipinski definition) is 0. The van der Waals surface area contributed by atoms with E-state index in [4.69, 9.17) is 9.47 Å². The summed E-state index contributed by atoms with van der Waals surface area (Å²) in [6.45, 7) is 5.04. The van der Waals surface area contributed by atoms with E-state index in [2.05, 4.69) is 13.8 Å². The summed E-state index contributed by atoms with van der Waals surface area (Å²) in [4.78, 5) is 12.6. The Hall–Kier alpha value is -1.35. The van der Waals surface area contributed by atoms with Crippen LogP contribution in [0.4, 0.5) is 0 Å². The third kappa shape index (κ3) is 12.4. The zero-order valence-corrected chi connectivity index (χ0v) is 19.9. The fourth-order valence-corrected chi connectivity index (χ4v) is 4.01. The lowest BCUT2D eigenvalue weighted by Gasteiger charge is -2.20. The van der Waals surface area contributed by atoms with Crippen LogP contribution in [0.15, 0.2) is 30.3 Å². The van der Waals surface area contributed by atoms with E-state index in [0.717, 1.165) is 18.4 Å². The molecule has 30 heavy (non-hydrogen) atoms. The highest BCUT2D eigenvalue weighted by molar-refractivity contribution is 5.76. The number of rotatable bonds is 19. The molecule has 0 fully saturated rings. The molecule has 0 aromatic heterocycles. The van der Waals surface area contributed by atoms with Gasteiger partial charge >= 0.3 is 5.97 Å². The Kier molecular flexibility index (Phi) is 16.4. The Morgan fingerprint density at radius 2 is 1.27 bits per heavy atom. The molecule has 0 aliphatic carbocycles. The molecule has 0 aliphatic heterocycles. The number of ether oxygens (including phenoxy) is 2. The lowest BCUT2D eigenvalue weighted by Crippen LogP contribution is -2.21. The van der Waals surface area contributed by atoms with E-state index in [9.17, 15) is 4.79 Å². The molecule has 0 saturated heterocycles. The minimum absolute atomic E-state index is 0.265. The third-order valence-corrected chi connectivity index (χ3v) is 5.95. The molecular formula is C27H46O3. The van der Waals surface area contributed by atoms with Crippen molar-refractivity contribution in [1.82, 2.24) is 0 Å². The average molecular weight is 419 g/mol. The van der Waals surface area contributed by atoms with E-state index in [1.807, 2.05) is 30.3 Å². The minimum Gasteiger partial charge on any atom is -0.463 e. The number of benzene rings is 1. The highest BCUT2D eigenvalue weighted by Crippen LogP contribution is 2.22. The van der Waals surface area contributed by atoms with Gasteiger partial charge in [0.1, 0.15) is 0 Å². The maximum absolute atomic E-state index is 12.6. The highest BCUT2D eigenvalue weighted by atomic mass is 16.6. The van der Waals surface area contributed by atoms with Crippen LogP contribution in [0, 0.1) is 5.92 Å². The molecule has 0 N–H and O–H groups in total. The molecule has 1 aromatic rings. The zero-order chi connectivity index (χ0) is 21.9. The van der Waals surface area contributed by atoms with E-state index in [1.54, 1.807) is 7.11 Å². The van der Waals surface area contributed by atoms with E-state index in [-0.39, 0.29) is 5.97 Å². The van der Waals surface area contributed by atoms with Crippen molar-refractivity contribution in [2.45, 2.75) is 110 Å². The van der Waals surface area contributed by atoms with Crippen LogP contribution >= 0.6 is 0 Å². The van der Waals surface area contributed by atoms with Crippen LogP contribution in [0.5, 0.6) is 0 Å². The van der Waals surface area contributed by atoms with Gasteiger partial charge in [0.25, 0.3) is 0 Å². The monoisotopic (exact) mass is 418 g/mol. The van der Waals surface area contributed by atoms with Crippen LogP contribution in [0.1, 0.15) is 115 Å². The summed E-state index contributed by atoms with van der Waals surface area (Å²) in [5.74, 6) is 0.207. The van der Waals surface area contributed by atoms with Crippen LogP contribution in [0.2, 0.25) is 0 Å². The van der Waals surface area contributed by atoms with Gasteiger partial charge in [-0.05, 0) is 24.3 Å². The number of esters is 1. The lowest BCUT2D eigenvalue weighted by molar-refractivity contribution is -0.157. The van der Waals surface area contributed by atoms with Gasteiger partial charge in [0.05, 0.1) is 6.61 Å². The molecule has 0 radical (unpaired) electrons. The van der Waals surface area contributed by atoms with Crippen molar-refractivity contribution in [3.05, 3.63) is 35.9 Å². The summed E-state index contributed by atoms with van der Waals surface area (Å²) in [7, 11) is 1.57. The summed E-state index contributed by atoms with van der Waals surface area (Å²) in [5.41, 5.74) is 0.855. The van der Waals surface area contributed by atoms with Gasteiger partial charge in [-0.1, -0.05) is 121 Å². The van der Waals surface area contributed by atoms with Gasteiger partial charge in [0.2, 0.25) is 0 Å². The fourth-order valence-electron chi connectivity index (χ4n) is 4.01. The Morgan fingerprint density at radius 1 is 0.767 bits per heavy atom. The van der Waals surface area contributed by atoms with E-state index < -0.39 is 6.10 Å². The summed E-state index contributed by atoms with van der Waals surface area (Å²) in [6, 6.07) is 9.62. The molecule has 0 spiro atoms. The normalized spacial score (nSPS) is 13.2. The number of carbonyl (C=O) groups excluding carboxylic acids is 1. The Morgan fingerprint density at radius 3 is 1.77 bits per heavy atom. The molecule has 2 atom stereocenters. The first kappa shape index (κ1) is 26.7. The van der Waals surface area contributed by atoms with E-state index in [1.165, 1.54) is 77.0 Å². The second-order valence-electron chi connectivity index (χ2n) is 8.64. The van der Waals surface area contributed by atoms with Gasteiger partial charge in [-0.2, -0.15) is 0 Å². The van der Waals surface area contributed by atoms with E-state index in [0.29, 0.717) is 12.5 Å². The summed E-state index contributed by atoms with van der Waals surface area (Å²) in [6.07, 6.45) is 17.4. The van der Waals surface area contributed by atoms with Gasteiger partial charge in [0, 0.05) is 7.11 Å². The van der Waals surface area contributed by atoms with Crippen molar-refractivity contribution in [2.24, 2.45) is 5.92 Å². The standard InChI is InChI=1S/C27H46O3/c1-4-6-8-10-11-13-16-20-24(19-15-12-9-7-5-2)23-30-27(28)26(29-3)25-21-17-14-18-22-25/h14,17-18,21-22,24,26H,4-13,15-16,19-20,23H2,1-3H3. The van der Waals surface area contributed by atoms with Gasteiger partial charge < -0.3 is 9.47 Å². The number of unbranched alkanes of at least 4 members (excludes halogenated alkanes) is 10. The predicted octanol–water partition coefficient (Wildman–Crippen LogP) is 8.03. The molecule has 2 unspecified atom stereocenters. The average Bonchev–Trinajstić information content (AvgIpc) is 2.77. The zero-order valence-electron chi connectivity index (χ0n) is 19.9. The van der Waals surface area contributed by atoms with Gasteiger partial charge in [-0.25, -0.2) is 4.79 Å². The van der Waals surface area contributed by atoms with Crippen LogP contribution in [0.3, 0.4) is 0 Å². The first-order valence-corrected chi connectivity index (χ1v) is 12.5. The molecule has 0 bridgehead atoms. The fraction of sp³-hybridized carbons (Fsp3) is 0.741. The Balaban J connectivity index is 2.42. The topological polar surface area (TPSA) is 35.5 Å². The molecule has 0 saturated carbocycles. The quantitative estimate of drug-likeness (QED) is 0.168. The van der Waals surface area contributed by atoms with E-state index >= 15 is 0 Å². The molecule has 0 heterocycles. The van der Waals surface area contributed by atoms with Gasteiger partial charge in [0.15, 0.2) is 6.10 Å². The lowest BCUT2D eigenvalue weighted by atomic mass is 9.94. The second-order valence-corrected chi connectivity index (χ2v) is 8.64. The van der Waals surface area contributed by atoms with Crippen molar-refractivity contribution >= 4 is 5.97 Å². The Labute approximate surface area is 185 Å². The minimum atomic E-state index is -0.630. The van der Waals surface area contributed by atoms with Crippen molar-refractivity contribution < 1.29 is 14.3 Å². The van der Waals surface area contributed by atoms with Crippen LogP contribution in [-0.4, -0.2) is 19.7 Å². The highest BCUT2D eigenvalue weighted by Gasteiger charge is 2.22. The first-order valence-electron chi connectivity index (χ1n) is 12.5. The molecule has 1 rings (SSSR count). The number of carbonyl (C=O) groups is 1. The molecule has 0 amide bonds. The van der Waals surface area contributed by atoms with Gasteiger partial charge in [-0.3, -0.25) is 0 Å². The molecular weight excluding hydrogens is 372 g/mol. The summed E-state index contributed by atoms with van der Waals surface area (Å²) < 4.78 is 11.2. The van der Waals surface area contributed by atoms with Gasteiger partial charge in [-0.15, -0.1) is 0 Å². The maximum atomic E-state index is 12.6. The molecule has 3 nitrogen and oxygen atoms in total. The van der Waals surface area contributed by atoms with Crippen LogP contribution in [-0.2, 0) is 14.3 Å². The van der Waals surface area contributed by atoms with Crippen molar-refractivity contribution in [3.63, 3.8) is 0 Å². The van der Waals surface area contributed by atoms with Crippen molar-refractivity contribution in [1.29, 1.82) is 0 Å². The predicted molar refractivity (Wildman–Crippen MR) is 127 cm³/mol. The molecule has 1 aromatic carbocycles. The Bertz CT molecular complexity index is 514. The second kappa shape index (κ2) is 18.4. The number of methoxy groups -OCH3 is 1. The maximum Gasteiger partial charge on any atom is 0.339 e.